The Hall–Kier alpha value is -1.11. The van der Waals surface area contributed by atoms with E-state index in [-0.39, 0.29) is 10.7 Å². The fraction of sp³-hybridized carbons (Fsp3) is 0.167. The summed E-state index contributed by atoms with van der Waals surface area (Å²) in [4.78, 5) is 12.5. The molecule has 0 saturated carbocycles. The Morgan fingerprint density at radius 3 is 2.84 bits per heavy atom. The van der Waals surface area contributed by atoms with Crippen molar-refractivity contribution in [3.63, 3.8) is 0 Å². The Kier molecular flexibility index (Phi) is 4.44. The molecule has 100 valence electrons. The molecule has 0 spiro atoms. The average molecular weight is 362 g/mol. The standard InChI is InChI=1S/C12H10BrClN2O2S/c1-15(6-8-5-11(13)19-7-8)10-4-2-3-9(14)12(10)16(17)18/h2-5,7H,6H2,1H3. The Morgan fingerprint density at radius 2 is 2.26 bits per heavy atom. The number of nitrogens with zero attached hydrogens (tertiary/aromatic N) is 2. The Labute approximate surface area is 127 Å². The summed E-state index contributed by atoms with van der Waals surface area (Å²) in [5, 5.41) is 13.3. The van der Waals surface area contributed by atoms with E-state index in [1.165, 1.54) is 6.07 Å². The Balaban J connectivity index is 2.31. The third kappa shape index (κ3) is 3.26. The van der Waals surface area contributed by atoms with Gasteiger partial charge in [0.15, 0.2) is 0 Å². The maximum absolute atomic E-state index is 11.1. The average Bonchev–Trinajstić information content (AvgIpc) is 2.73. The molecule has 0 fully saturated rings. The number of nitro benzene ring substituents is 1. The van der Waals surface area contributed by atoms with E-state index in [2.05, 4.69) is 15.9 Å². The van der Waals surface area contributed by atoms with Crippen molar-refractivity contribution in [3.05, 3.63) is 54.1 Å². The van der Waals surface area contributed by atoms with E-state index in [9.17, 15) is 10.1 Å². The van der Waals surface area contributed by atoms with Crippen molar-refractivity contribution in [1.29, 1.82) is 0 Å². The molecule has 0 N–H and O–H groups in total. The molecule has 1 aromatic heterocycles. The third-order valence-corrected chi connectivity index (χ3v) is 4.46. The van der Waals surface area contributed by atoms with Crippen LogP contribution in [0.4, 0.5) is 11.4 Å². The number of anilines is 1. The van der Waals surface area contributed by atoms with Gasteiger partial charge in [0.2, 0.25) is 0 Å². The molecular weight excluding hydrogens is 352 g/mol. The Bertz CT molecular complexity index is 618. The zero-order valence-electron chi connectivity index (χ0n) is 9.97. The predicted molar refractivity (Wildman–Crippen MR) is 82.2 cm³/mol. The lowest BCUT2D eigenvalue weighted by molar-refractivity contribution is -0.384. The smallest absolute Gasteiger partial charge is 0.310 e. The molecule has 0 bridgehead atoms. The van der Waals surface area contributed by atoms with Gasteiger partial charge in [-0.05, 0) is 45.1 Å². The van der Waals surface area contributed by atoms with Gasteiger partial charge in [0.25, 0.3) is 0 Å². The van der Waals surface area contributed by atoms with E-state index in [4.69, 9.17) is 11.6 Å². The molecule has 1 heterocycles. The van der Waals surface area contributed by atoms with Crippen LogP contribution in [0.5, 0.6) is 0 Å². The van der Waals surface area contributed by atoms with Crippen molar-refractivity contribution in [2.45, 2.75) is 6.54 Å². The maximum Gasteiger partial charge on any atom is 0.310 e. The molecule has 0 unspecified atom stereocenters. The minimum absolute atomic E-state index is 0.0547. The zero-order valence-corrected chi connectivity index (χ0v) is 13.1. The predicted octanol–water partition coefficient (Wildman–Crippen LogP) is 4.71. The lowest BCUT2D eigenvalue weighted by Crippen LogP contribution is -2.17. The van der Waals surface area contributed by atoms with Gasteiger partial charge in [-0.25, -0.2) is 0 Å². The molecule has 0 aliphatic heterocycles. The highest BCUT2D eigenvalue weighted by atomic mass is 79.9. The van der Waals surface area contributed by atoms with Crippen LogP contribution >= 0.6 is 38.9 Å². The fourth-order valence-electron chi connectivity index (χ4n) is 1.78. The summed E-state index contributed by atoms with van der Waals surface area (Å²) in [7, 11) is 1.81. The summed E-state index contributed by atoms with van der Waals surface area (Å²) in [6, 6.07) is 6.94. The summed E-state index contributed by atoms with van der Waals surface area (Å²) >= 11 is 10.9. The van der Waals surface area contributed by atoms with E-state index in [0.717, 1.165) is 9.35 Å². The maximum atomic E-state index is 11.1. The summed E-state index contributed by atoms with van der Waals surface area (Å²) in [6.45, 7) is 0.587. The van der Waals surface area contributed by atoms with Crippen LogP contribution in [0.15, 0.2) is 33.4 Å². The van der Waals surface area contributed by atoms with Gasteiger partial charge in [-0.1, -0.05) is 17.7 Å². The van der Waals surface area contributed by atoms with Crippen LogP contribution < -0.4 is 4.90 Å². The second-order valence-corrected chi connectivity index (χ2v) is 6.68. The molecule has 1 aromatic carbocycles. The van der Waals surface area contributed by atoms with E-state index < -0.39 is 4.92 Å². The number of halogens is 2. The third-order valence-electron chi connectivity index (χ3n) is 2.60. The first kappa shape index (κ1) is 14.3. The number of rotatable bonds is 4. The highest BCUT2D eigenvalue weighted by Crippen LogP contribution is 2.35. The number of para-hydroxylation sites is 1. The lowest BCUT2D eigenvalue weighted by Gasteiger charge is -2.18. The SMILES string of the molecule is CN(Cc1csc(Br)c1)c1cccc(Cl)c1[N+](=O)[O-]. The topological polar surface area (TPSA) is 46.4 Å². The van der Waals surface area contributed by atoms with E-state index in [1.807, 2.05) is 23.4 Å². The first-order chi connectivity index (χ1) is 8.99. The van der Waals surface area contributed by atoms with Crippen LogP contribution in [0, 0.1) is 10.1 Å². The van der Waals surface area contributed by atoms with Gasteiger partial charge in [0.1, 0.15) is 10.7 Å². The normalized spacial score (nSPS) is 10.5. The first-order valence-electron chi connectivity index (χ1n) is 5.36. The van der Waals surface area contributed by atoms with Crippen LogP contribution in [0.3, 0.4) is 0 Å². The number of nitro groups is 1. The molecule has 0 aliphatic rings. The van der Waals surface area contributed by atoms with Crippen LogP contribution in [-0.2, 0) is 6.54 Å². The van der Waals surface area contributed by atoms with Gasteiger partial charge >= 0.3 is 5.69 Å². The van der Waals surface area contributed by atoms with Gasteiger partial charge in [-0.2, -0.15) is 0 Å². The molecule has 7 heteroatoms. The Morgan fingerprint density at radius 1 is 1.53 bits per heavy atom. The van der Waals surface area contributed by atoms with Crippen molar-refractivity contribution in [2.75, 3.05) is 11.9 Å². The van der Waals surface area contributed by atoms with E-state index in [0.29, 0.717) is 12.2 Å². The summed E-state index contributed by atoms with van der Waals surface area (Å²) in [5.41, 5.74) is 1.55. The van der Waals surface area contributed by atoms with Crippen molar-refractivity contribution in [1.82, 2.24) is 0 Å². The zero-order chi connectivity index (χ0) is 14.0. The van der Waals surface area contributed by atoms with E-state index >= 15 is 0 Å². The number of hydrogen-bond donors (Lipinski definition) is 0. The second kappa shape index (κ2) is 5.90. The lowest BCUT2D eigenvalue weighted by atomic mass is 10.2. The summed E-state index contributed by atoms with van der Waals surface area (Å²) < 4.78 is 1.04. The second-order valence-electron chi connectivity index (χ2n) is 3.98. The molecule has 4 nitrogen and oxygen atoms in total. The van der Waals surface area contributed by atoms with Crippen LogP contribution in [0.2, 0.25) is 5.02 Å². The first-order valence-corrected chi connectivity index (χ1v) is 7.41. The largest absolute Gasteiger partial charge is 0.365 e. The minimum Gasteiger partial charge on any atom is -0.365 e. The minimum atomic E-state index is -0.447. The van der Waals surface area contributed by atoms with Crippen molar-refractivity contribution in [2.24, 2.45) is 0 Å². The molecule has 19 heavy (non-hydrogen) atoms. The van der Waals surface area contributed by atoms with Crippen molar-refractivity contribution >= 4 is 50.2 Å². The summed E-state index contributed by atoms with van der Waals surface area (Å²) in [6.07, 6.45) is 0. The fourth-order valence-corrected chi connectivity index (χ4v) is 3.22. The van der Waals surface area contributed by atoms with Gasteiger partial charge in [-0.15, -0.1) is 11.3 Å². The molecule has 0 aliphatic carbocycles. The number of thiophene rings is 1. The van der Waals surface area contributed by atoms with Crippen molar-refractivity contribution < 1.29 is 4.92 Å². The van der Waals surface area contributed by atoms with Crippen LogP contribution in [-0.4, -0.2) is 12.0 Å². The molecule has 2 aromatic rings. The van der Waals surface area contributed by atoms with Gasteiger partial charge in [0, 0.05) is 13.6 Å². The summed E-state index contributed by atoms with van der Waals surface area (Å²) in [5.74, 6) is 0. The van der Waals surface area contributed by atoms with Crippen LogP contribution in [0.25, 0.3) is 0 Å². The molecule has 0 amide bonds. The van der Waals surface area contributed by atoms with Gasteiger partial charge in [0.05, 0.1) is 8.71 Å². The van der Waals surface area contributed by atoms with Crippen LogP contribution in [0.1, 0.15) is 5.56 Å². The molecule has 0 atom stereocenters. The number of benzene rings is 1. The van der Waals surface area contributed by atoms with Gasteiger partial charge < -0.3 is 4.90 Å². The molecular formula is C12H10BrClN2O2S. The van der Waals surface area contributed by atoms with E-state index in [1.54, 1.807) is 23.5 Å². The highest BCUT2D eigenvalue weighted by Gasteiger charge is 2.21. The monoisotopic (exact) mass is 360 g/mol. The number of hydrogen-bond acceptors (Lipinski definition) is 4. The molecule has 0 radical (unpaired) electrons. The quantitative estimate of drug-likeness (QED) is 0.585. The highest BCUT2D eigenvalue weighted by molar-refractivity contribution is 9.11. The molecule has 0 saturated heterocycles. The molecule has 2 rings (SSSR count). The van der Waals surface area contributed by atoms with Crippen molar-refractivity contribution in [3.8, 4) is 0 Å². The van der Waals surface area contributed by atoms with Gasteiger partial charge in [-0.3, -0.25) is 10.1 Å².